The summed E-state index contributed by atoms with van der Waals surface area (Å²) in [4.78, 5) is 17.3. The Bertz CT molecular complexity index is 1340. The van der Waals surface area contributed by atoms with Crippen molar-refractivity contribution in [1.29, 1.82) is 0 Å². The van der Waals surface area contributed by atoms with Gasteiger partial charge >= 0.3 is 0 Å². The molecule has 1 aromatic heterocycles. The van der Waals surface area contributed by atoms with E-state index < -0.39 is 5.60 Å². The molecular formula is C28H26ClN3O3. The third kappa shape index (κ3) is 4.91. The van der Waals surface area contributed by atoms with E-state index in [1.165, 1.54) is 0 Å². The van der Waals surface area contributed by atoms with Gasteiger partial charge in [-0.15, -0.1) is 0 Å². The highest BCUT2D eigenvalue weighted by Crippen LogP contribution is 2.49. The Balaban J connectivity index is 1.25. The second-order valence-electron chi connectivity index (χ2n) is 8.58. The van der Waals surface area contributed by atoms with Gasteiger partial charge in [-0.3, -0.25) is 4.79 Å². The lowest BCUT2D eigenvalue weighted by Crippen LogP contribution is -2.21. The number of halogens is 1. The van der Waals surface area contributed by atoms with Crippen molar-refractivity contribution in [2.45, 2.75) is 45.3 Å². The predicted octanol–water partition coefficient (Wildman–Crippen LogP) is 5.96. The van der Waals surface area contributed by atoms with Crippen LogP contribution < -0.4 is 14.8 Å². The number of aromatic nitrogens is 2. The van der Waals surface area contributed by atoms with Gasteiger partial charge in [0, 0.05) is 12.2 Å². The average molecular weight is 488 g/mol. The normalized spacial score (nSPS) is 13.8. The summed E-state index contributed by atoms with van der Waals surface area (Å²) in [5.74, 6) is 2.34. The molecule has 3 aromatic carbocycles. The van der Waals surface area contributed by atoms with E-state index in [0.29, 0.717) is 18.1 Å². The minimum Gasteiger partial charge on any atom is -0.494 e. The van der Waals surface area contributed by atoms with Crippen LogP contribution in [-0.4, -0.2) is 22.1 Å². The summed E-state index contributed by atoms with van der Waals surface area (Å²) in [6.07, 6.45) is 2.06. The van der Waals surface area contributed by atoms with E-state index in [1.807, 2.05) is 61.5 Å². The molecule has 1 fully saturated rings. The highest BCUT2D eigenvalue weighted by Gasteiger charge is 2.51. The number of fused-ring (bicyclic) bond motifs is 1. The molecule has 0 bridgehead atoms. The van der Waals surface area contributed by atoms with Gasteiger partial charge in [-0.2, -0.15) is 0 Å². The Hall–Kier alpha value is -3.69. The number of aryl methyl sites for hydroxylation is 1. The van der Waals surface area contributed by atoms with Gasteiger partial charge in [-0.05, 0) is 86.8 Å². The van der Waals surface area contributed by atoms with Gasteiger partial charge in [0.1, 0.15) is 17.0 Å². The molecule has 1 aliphatic rings. The third-order valence-electron chi connectivity index (χ3n) is 6.05. The zero-order valence-corrected chi connectivity index (χ0v) is 20.5. The summed E-state index contributed by atoms with van der Waals surface area (Å²) in [6.45, 7) is 5.39. The lowest BCUT2D eigenvalue weighted by Gasteiger charge is -2.19. The molecule has 178 valence electrons. The number of rotatable bonds is 9. The number of ether oxygens (including phenoxy) is 2. The standard InChI is InChI=1S/C28H26ClN3O3/c1-3-32-25-18-20(29)7-14-24(25)31-27(32)28(15-16-28)35-23-12-8-21(9-13-23)30-26(33)17-19-5-10-22(11-6-19)34-4-2/h5-6,8-13,18H,3-4,15-17H2,1-2H3,(H,30,33). The fourth-order valence-corrected chi connectivity index (χ4v) is 4.37. The van der Waals surface area contributed by atoms with Crippen LogP contribution in [0.4, 0.5) is 5.69 Å². The Morgan fingerprint density at radius 3 is 2.46 bits per heavy atom. The Morgan fingerprint density at radius 2 is 1.80 bits per heavy atom. The van der Waals surface area contributed by atoms with Crippen molar-refractivity contribution >= 4 is 34.2 Å². The molecule has 0 saturated heterocycles. The van der Waals surface area contributed by atoms with Crippen LogP contribution in [-0.2, 0) is 23.4 Å². The number of anilines is 1. The second-order valence-corrected chi connectivity index (χ2v) is 8.99. The van der Waals surface area contributed by atoms with E-state index in [4.69, 9.17) is 26.1 Å². The van der Waals surface area contributed by atoms with Crippen molar-refractivity contribution < 1.29 is 14.3 Å². The number of amides is 1. The number of imidazole rings is 1. The van der Waals surface area contributed by atoms with Crippen LogP contribution >= 0.6 is 11.6 Å². The summed E-state index contributed by atoms with van der Waals surface area (Å²) in [5.41, 5.74) is 2.86. The molecular weight excluding hydrogens is 462 g/mol. The molecule has 0 radical (unpaired) electrons. The van der Waals surface area contributed by atoms with Crippen LogP contribution in [0, 0.1) is 12.1 Å². The molecule has 1 aliphatic carbocycles. The minimum absolute atomic E-state index is 0.0788. The number of hydrogen-bond acceptors (Lipinski definition) is 4. The smallest absolute Gasteiger partial charge is 0.228 e. The van der Waals surface area contributed by atoms with Crippen LogP contribution in [0.25, 0.3) is 11.0 Å². The third-order valence-corrected chi connectivity index (χ3v) is 6.25. The van der Waals surface area contributed by atoms with Crippen LogP contribution in [0.3, 0.4) is 0 Å². The van der Waals surface area contributed by atoms with E-state index in [2.05, 4.69) is 28.9 Å². The van der Waals surface area contributed by atoms with E-state index >= 15 is 0 Å². The van der Waals surface area contributed by atoms with Gasteiger partial charge in [0.25, 0.3) is 0 Å². The van der Waals surface area contributed by atoms with Crippen molar-refractivity contribution in [2.24, 2.45) is 0 Å². The molecule has 4 aromatic rings. The monoisotopic (exact) mass is 487 g/mol. The predicted molar refractivity (Wildman–Crippen MR) is 136 cm³/mol. The molecule has 1 heterocycles. The number of carbonyl (C=O) groups is 1. The fraction of sp³-hybridized carbons (Fsp3) is 0.286. The molecule has 0 atom stereocenters. The first-order chi connectivity index (χ1) is 17.0. The molecule has 1 saturated carbocycles. The van der Waals surface area contributed by atoms with Crippen LogP contribution in [0.15, 0.2) is 54.6 Å². The summed E-state index contributed by atoms with van der Waals surface area (Å²) in [5, 5.41) is 3.46. The molecule has 1 amide bonds. The first kappa shape index (κ1) is 23.1. The molecule has 0 unspecified atom stereocenters. The maximum absolute atomic E-state index is 12.5. The average Bonchev–Trinajstić information content (AvgIpc) is 3.53. The summed E-state index contributed by atoms with van der Waals surface area (Å²) in [7, 11) is 0. The van der Waals surface area contributed by atoms with Gasteiger partial charge < -0.3 is 19.4 Å². The van der Waals surface area contributed by atoms with Crippen LogP contribution in [0.1, 0.15) is 38.1 Å². The molecule has 0 spiro atoms. The first-order valence-electron chi connectivity index (χ1n) is 11.8. The van der Waals surface area contributed by atoms with E-state index in [9.17, 15) is 4.79 Å². The van der Waals surface area contributed by atoms with Gasteiger partial charge in [-0.1, -0.05) is 23.7 Å². The van der Waals surface area contributed by atoms with Gasteiger partial charge in [0.05, 0.1) is 23.6 Å². The minimum atomic E-state index is -0.465. The number of carbonyl (C=O) groups excluding carboxylic acids is 1. The zero-order valence-electron chi connectivity index (χ0n) is 19.7. The van der Waals surface area contributed by atoms with Crippen LogP contribution in [0.2, 0.25) is 5.02 Å². The highest BCUT2D eigenvalue weighted by molar-refractivity contribution is 6.30. The number of hydrogen-bond donors (Lipinski definition) is 1. The molecule has 6 nitrogen and oxygen atoms in total. The van der Waals surface area contributed by atoms with E-state index in [1.54, 1.807) is 0 Å². The lowest BCUT2D eigenvalue weighted by atomic mass is 10.1. The molecule has 1 N–H and O–H groups in total. The number of nitrogens with one attached hydrogen (secondary N) is 1. The molecule has 5 rings (SSSR count). The SMILES string of the molecule is CCOc1ccc(CC(=O)Nc2ccc(OC3(c4nc5c#cc(Cl)cc5n4CC)CC3)cc2)cc1. The second kappa shape index (κ2) is 9.52. The first-order valence-corrected chi connectivity index (χ1v) is 12.2. The molecule has 7 heteroatoms. The van der Waals surface area contributed by atoms with Gasteiger partial charge in [0.15, 0.2) is 11.4 Å². The van der Waals surface area contributed by atoms with Crippen molar-refractivity contribution in [2.75, 3.05) is 11.9 Å². The van der Waals surface area contributed by atoms with Gasteiger partial charge in [-0.25, -0.2) is 4.98 Å². The maximum atomic E-state index is 12.5. The summed E-state index contributed by atoms with van der Waals surface area (Å²) in [6, 6.07) is 22.8. The van der Waals surface area contributed by atoms with Crippen molar-refractivity contribution in [3.63, 3.8) is 0 Å². The summed E-state index contributed by atoms with van der Waals surface area (Å²) >= 11 is 6.14. The van der Waals surface area contributed by atoms with Crippen LogP contribution in [0.5, 0.6) is 11.5 Å². The largest absolute Gasteiger partial charge is 0.494 e. The number of nitrogens with zero attached hydrogens (tertiary/aromatic N) is 2. The van der Waals surface area contributed by atoms with Gasteiger partial charge in [0.2, 0.25) is 5.91 Å². The van der Waals surface area contributed by atoms with Crippen molar-refractivity contribution in [3.05, 3.63) is 83.1 Å². The molecule has 35 heavy (non-hydrogen) atoms. The quantitative estimate of drug-likeness (QED) is 0.316. The highest BCUT2D eigenvalue weighted by atomic mass is 35.5. The molecule has 0 aliphatic heterocycles. The Labute approximate surface area is 209 Å². The topological polar surface area (TPSA) is 65.4 Å². The van der Waals surface area contributed by atoms with Crippen molar-refractivity contribution in [1.82, 2.24) is 9.55 Å². The Kier molecular flexibility index (Phi) is 6.27. The van der Waals surface area contributed by atoms with Crippen molar-refractivity contribution in [3.8, 4) is 11.5 Å². The fourth-order valence-electron chi connectivity index (χ4n) is 4.22. The zero-order chi connectivity index (χ0) is 24.4. The maximum Gasteiger partial charge on any atom is 0.228 e. The van der Waals surface area contributed by atoms with E-state index in [-0.39, 0.29) is 5.91 Å². The van der Waals surface area contributed by atoms with E-state index in [0.717, 1.165) is 59.0 Å². The summed E-state index contributed by atoms with van der Waals surface area (Å²) < 4.78 is 14.0. The Morgan fingerprint density at radius 1 is 1.09 bits per heavy atom. The number of benzene rings is 2. The lowest BCUT2D eigenvalue weighted by molar-refractivity contribution is -0.115.